The SMILES string of the molecule is O=C1c2ccc(O)cc2OC(c2ccc(O)cc2)C1c1ccc(O)cc1. The van der Waals surface area contributed by atoms with Crippen LogP contribution in [0.15, 0.2) is 66.7 Å². The number of ether oxygens (including phenoxy) is 1. The molecular weight excluding hydrogens is 332 g/mol. The normalized spacial score (nSPS) is 18.8. The molecule has 2 atom stereocenters. The number of hydrogen-bond acceptors (Lipinski definition) is 5. The first-order valence-electron chi connectivity index (χ1n) is 8.14. The Kier molecular flexibility index (Phi) is 3.77. The van der Waals surface area contributed by atoms with E-state index in [9.17, 15) is 20.1 Å². The van der Waals surface area contributed by atoms with E-state index < -0.39 is 12.0 Å². The largest absolute Gasteiger partial charge is 0.508 e. The molecule has 0 fully saturated rings. The summed E-state index contributed by atoms with van der Waals surface area (Å²) in [5, 5.41) is 28.8. The average Bonchev–Trinajstić information content (AvgIpc) is 2.63. The number of phenols is 3. The first-order valence-corrected chi connectivity index (χ1v) is 8.14. The topological polar surface area (TPSA) is 87.0 Å². The average molecular weight is 348 g/mol. The standard InChI is InChI=1S/C21H16O5/c22-14-5-1-12(2-6-14)19-20(25)17-10-9-16(24)11-18(17)26-21(19)13-3-7-15(23)8-4-13/h1-11,19,21-24H. The van der Waals surface area contributed by atoms with Gasteiger partial charge in [-0.1, -0.05) is 24.3 Å². The van der Waals surface area contributed by atoms with E-state index in [0.29, 0.717) is 16.9 Å². The third-order valence-corrected chi connectivity index (χ3v) is 4.54. The van der Waals surface area contributed by atoms with Gasteiger partial charge in [0.1, 0.15) is 29.1 Å². The quantitative estimate of drug-likeness (QED) is 0.654. The summed E-state index contributed by atoms with van der Waals surface area (Å²) in [4.78, 5) is 13.2. The van der Waals surface area contributed by atoms with Gasteiger partial charge in [-0.3, -0.25) is 4.79 Å². The van der Waals surface area contributed by atoms with Crippen LogP contribution in [0.1, 0.15) is 33.5 Å². The van der Waals surface area contributed by atoms with Gasteiger partial charge in [-0.05, 0) is 47.5 Å². The molecule has 0 radical (unpaired) electrons. The number of aromatic hydroxyl groups is 3. The Morgan fingerprint density at radius 3 is 1.85 bits per heavy atom. The predicted octanol–water partition coefficient (Wildman–Crippen LogP) is 3.90. The molecule has 0 saturated heterocycles. The fraction of sp³-hybridized carbons (Fsp3) is 0.0952. The van der Waals surface area contributed by atoms with Gasteiger partial charge in [0, 0.05) is 6.07 Å². The van der Waals surface area contributed by atoms with E-state index in [1.54, 1.807) is 30.3 Å². The first-order chi connectivity index (χ1) is 12.5. The Morgan fingerprint density at radius 1 is 0.692 bits per heavy atom. The van der Waals surface area contributed by atoms with Crippen LogP contribution in [0.25, 0.3) is 0 Å². The van der Waals surface area contributed by atoms with E-state index >= 15 is 0 Å². The number of rotatable bonds is 2. The van der Waals surface area contributed by atoms with Crippen LogP contribution in [0, 0.1) is 0 Å². The molecule has 1 aliphatic heterocycles. The van der Waals surface area contributed by atoms with Gasteiger partial charge in [-0.15, -0.1) is 0 Å². The van der Waals surface area contributed by atoms with Crippen LogP contribution in [0.3, 0.4) is 0 Å². The Bertz CT molecular complexity index is 961. The van der Waals surface area contributed by atoms with Crippen molar-refractivity contribution in [1.29, 1.82) is 0 Å². The van der Waals surface area contributed by atoms with E-state index in [1.807, 2.05) is 0 Å². The van der Waals surface area contributed by atoms with Crippen LogP contribution >= 0.6 is 0 Å². The maximum Gasteiger partial charge on any atom is 0.178 e. The highest BCUT2D eigenvalue weighted by Crippen LogP contribution is 2.45. The number of phenolic OH excluding ortho intramolecular Hbond substituents is 3. The zero-order chi connectivity index (χ0) is 18.3. The number of ketones is 1. The Labute approximate surface area is 149 Å². The molecule has 130 valence electrons. The van der Waals surface area contributed by atoms with Crippen LogP contribution < -0.4 is 4.74 Å². The van der Waals surface area contributed by atoms with Gasteiger partial charge in [0.25, 0.3) is 0 Å². The van der Waals surface area contributed by atoms with Crippen molar-refractivity contribution in [2.75, 3.05) is 0 Å². The molecule has 3 N–H and O–H groups in total. The van der Waals surface area contributed by atoms with Gasteiger partial charge >= 0.3 is 0 Å². The monoisotopic (exact) mass is 348 g/mol. The van der Waals surface area contributed by atoms with Crippen LogP contribution in [0.2, 0.25) is 0 Å². The molecule has 0 spiro atoms. The minimum Gasteiger partial charge on any atom is -0.508 e. The summed E-state index contributed by atoms with van der Waals surface area (Å²) in [6.07, 6.45) is -0.623. The molecule has 0 amide bonds. The molecule has 26 heavy (non-hydrogen) atoms. The molecule has 0 aromatic heterocycles. The van der Waals surface area contributed by atoms with Crippen LogP contribution in [0.5, 0.6) is 23.0 Å². The smallest absolute Gasteiger partial charge is 0.178 e. The van der Waals surface area contributed by atoms with Crippen molar-refractivity contribution in [3.63, 3.8) is 0 Å². The first kappa shape index (κ1) is 16.0. The fourth-order valence-corrected chi connectivity index (χ4v) is 3.25. The summed E-state index contributed by atoms with van der Waals surface area (Å²) in [5.41, 5.74) is 1.84. The number of benzene rings is 3. The lowest BCUT2D eigenvalue weighted by Crippen LogP contribution is -2.30. The van der Waals surface area contributed by atoms with Gasteiger partial charge in [-0.2, -0.15) is 0 Å². The molecule has 0 aliphatic carbocycles. The van der Waals surface area contributed by atoms with Crippen molar-refractivity contribution >= 4 is 5.78 Å². The highest BCUT2D eigenvalue weighted by molar-refractivity contribution is 6.04. The summed E-state index contributed by atoms with van der Waals surface area (Å²) in [6.45, 7) is 0. The Hall–Kier alpha value is -3.47. The van der Waals surface area contributed by atoms with Gasteiger partial charge in [0.15, 0.2) is 5.78 Å². The summed E-state index contributed by atoms with van der Waals surface area (Å²) in [5.74, 6) is -0.168. The molecule has 4 rings (SSSR count). The second-order valence-electron chi connectivity index (χ2n) is 6.24. The van der Waals surface area contributed by atoms with Gasteiger partial charge in [-0.25, -0.2) is 0 Å². The van der Waals surface area contributed by atoms with Crippen LogP contribution in [0.4, 0.5) is 0 Å². The molecule has 1 heterocycles. The third kappa shape index (κ3) is 2.73. The Morgan fingerprint density at radius 2 is 1.23 bits per heavy atom. The highest BCUT2D eigenvalue weighted by Gasteiger charge is 2.39. The lowest BCUT2D eigenvalue weighted by atomic mass is 9.81. The number of hydrogen-bond donors (Lipinski definition) is 3. The fourth-order valence-electron chi connectivity index (χ4n) is 3.25. The summed E-state index contributed by atoms with van der Waals surface area (Å²) < 4.78 is 6.08. The summed E-state index contributed by atoms with van der Waals surface area (Å²) >= 11 is 0. The van der Waals surface area contributed by atoms with Gasteiger partial charge in [0.05, 0.1) is 11.5 Å². The van der Waals surface area contributed by atoms with Gasteiger partial charge < -0.3 is 20.1 Å². The molecule has 0 bridgehead atoms. The zero-order valence-corrected chi connectivity index (χ0v) is 13.7. The molecular formula is C21H16O5. The van der Waals surface area contributed by atoms with E-state index in [4.69, 9.17) is 4.74 Å². The van der Waals surface area contributed by atoms with E-state index in [0.717, 1.165) is 5.56 Å². The molecule has 5 heteroatoms. The van der Waals surface area contributed by atoms with Crippen molar-refractivity contribution in [2.45, 2.75) is 12.0 Å². The van der Waals surface area contributed by atoms with Crippen molar-refractivity contribution in [1.82, 2.24) is 0 Å². The number of carbonyl (C=O) groups is 1. The Balaban J connectivity index is 1.86. The number of fused-ring (bicyclic) bond motifs is 1. The van der Waals surface area contributed by atoms with E-state index in [2.05, 4.69) is 0 Å². The lowest BCUT2D eigenvalue weighted by molar-refractivity contribution is 0.0781. The minimum atomic E-state index is -0.623. The second-order valence-corrected chi connectivity index (χ2v) is 6.24. The lowest BCUT2D eigenvalue weighted by Gasteiger charge is -2.33. The molecule has 1 aliphatic rings. The highest BCUT2D eigenvalue weighted by atomic mass is 16.5. The molecule has 0 saturated carbocycles. The molecule has 2 unspecified atom stereocenters. The maximum atomic E-state index is 13.2. The van der Waals surface area contributed by atoms with Gasteiger partial charge in [0.2, 0.25) is 0 Å². The van der Waals surface area contributed by atoms with E-state index in [1.165, 1.54) is 36.4 Å². The summed E-state index contributed by atoms with van der Waals surface area (Å²) in [6, 6.07) is 17.4. The third-order valence-electron chi connectivity index (χ3n) is 4.54. The van der Waals surface area contributed by atoms with Crippen molar-refractivity contribution in [3.05, 3.63) is 83.4 Å². The molecule has 3 aromatic carbocycles. The van der Waals surface area contributed by atoms with E-state index in [-0.39, 0.29) is 23.0 Å². The molecule has 5 nitrogen and oxygen atoms in total. The number of carbonyl (C=O) groups excluding carboxylic acids is 1. The molecule has 3 aromatic rings. The maximum absolute atomic E-state index is 13.2. The second kappa shape index (κ2) is 6.11. The predicted molar refractivity (Wildman–Crippen MR) is 94.8 cm³/mol. The summed E-state index contributed by atoms with van der Waals surface area (Å²) in [7, 11) is 0. The minimum absolute atomic E-state index is 0.0177. The van der Waals surface area contributed by atoms with Crippen molar-refractivity contribution in [3.8, 4) is 23.0 Å². The van der Waals surface area contributed by atoms with Crippen molar-refractivity contribution < 1.29 is 24.9 Å². The van der Waals surface area contributed by atoms with Crippen LogP contribution in [-0.2, 0) is 0 Å². The van der Waals surface area contributed by atoms with Crippen molar-refractivity contribution in [2.24, 2.45) is 0 Å². The zero-order valence-electron chi connectivity index (χ0n) is 13.7. The van der Waals surface area contributed by atoms with Crippen LogP contribution in [-0.4, -0.2) is 21.1 Å². The number of Topliss-reactive ketones (excluding diaryl/α,β-unsaturated/α-hetero) is 1.